The lowest BCUT2D eigenvalue weighted by atomic mass is 9.92. The number of likely N-dealkylation sites (N-methyl/N-ethyl adjacent to an activating group) is 1. The van der Waals surface area contributed by atoms with Crippen LogP contribution in [0.1, 0.15) is 16.8 Å². The Morgan fingerprint density at radius 1 is 1.04 bits per heavy atom. The van der Waals surface area contributed by atoms with E-state index >= 15 is 0 Å². The largest absolute Gasteiger partial charge is 0.337 e. The number of halogens is 2. The summed E-state index contributed by atoms with van der Waals surface area (Å²) in [5.41, 5.74) is 0.421. The van der Waals surface area contributed by atoms with Crippen LogP contribution in [0.2, 0.25) is 0 Å². The summed E-state index contributed by atoms with van der Waals surface area (Å²) in [6.45, 7) is 1.51. The van der Waals surface area contributed by atoms with Crippen LogP contribution in [0.25, 0.3) is 0 Å². The Kier molecular flexibility index (Phi) is 4.63. The highest BCUT2D eigenvalue weighted by molar-refractivity contribution is 5.97. The molecule has 2 aromatic rings. The van der Waals surface area contributed by atoms with Gasteiger partial charge < -0.3 is 9.80 Å². The van der Waals surface area contributed by atoms with Gasteiger partial charge in [0.15, 0.2) is 0 Å². The van der Waals surface area contributed by atoms with Crippen LogP contribution in [0.4, 0.5) is 14.5 Å². The minimum absolute atomic E-state index is 0.103. The van der Waals surface area contributed by atoms with Gasteiger partial charge in [-0.2, -0.15) is 0 Å². The van der Waals surface area contributed by atoms with Crippen LogP contribution in [0, 0.1) is 11.6 Å². The fourth-order valence-corrected chi connectivity index (χ4v) is 4.11. The maximum Gasteiger partial charge on any atom is 0.254 e. The number of amides is 2. The van der Waals surface area contributed by atoms with Crippen molar-refractivity contribution in [3.63, 3.8) is 0 Å². The Morgan fingerprint density at radius 2 is 1.75 bits per heavy atom. The van der Waals surface area contributed by atoms with Gasteiger partial charge in [-0.05, 0) is 49.9 Å². The molecule has 2 aromatic carbocycles. The number of rotatable bonds is 2. The smallest absolute Gasteiger partial charge is 0.254 e. The molecule has 2 heterocycles. The third-order valence-corrected chi connectivity index (χ3v) is 5.75. The zero-order valence-electron chi connectivity index (χ0n) is 15.6. The topological polar surface area (TPSA) is 43.9 Å². The van der Waals surface area contributed by atoms with Gasteiger partial charge in [0, 0.05) is 30.9 Å². The van der Waals surface area contributed by atoms with Crippen molar-refractivity contribution in [2.45, 2.75) is 12.0 Å². The van der Waals surface area contributed by atoms with Gasteiger partial charge in [0.05, 0.1) is 12.1 Å². The normalized spacial score (nSPS) is 22.9. The molecule has 0 N–H and O–H groups in total. The fraction of sp³-hybridized carbons (Fsp3) is 0.333. The Labute approximate surface area is 162 Å². The lowest BCUT2D eigenvalue weighted by molar-refractivity contribution is -0.123. The zero-order chi connectivity index (χ0) is 19.9. The van der Waals surface area contributed by atoms with E-state index in [0.29, 0.717) is 37.3 Å². The van der Waals surface area contributed by atoms with Gasteiger partial charge in [0.1, 0.15) is 11.6 Å². The summed E-state index contributed by atoms with van der Waals surface area (Å²) < 4.78 is 27.1. The van der Waals surface area contributed by atoms with Crippen LogP contribution in [-0.2, 0) is 4.79 Å². The molecule has 0 aromatic heterocycles. The molecule has 2 aliphatic heterocycles. The van der Waals surface area contributed by atoms with E-state index in [-0.39, 0.29) is 18.4 Å². The second-order valence-corrected chi connectivity index (χ2v) is 7.53. The van der Waals surface area contributed by atoms with Gasteiger partial charge in [-0.25, -0.2) is 8.78 Å². The highest BCUT2D eigenvalue weighted by atomic mass is 19.1. The molecule has 1 spiro atoms. The van der Waals surface area contributed by atoms with Gasteiger partial charge in [-0.1, -0.05) is 12.1 Å². The predicted molar refractivity (Wildman–Crippen MR) is 101 cm³/mol. The Balaban J connectivity index is 1.57. The van der Waals surface area contributed by atoms with E-state index in [1.807, 2.05) is 11.9 Å². The Bertz CT molecular complexity index is 935. The number of piperazine rings is 1. The van der Waals surface area contributed by atoms with Crippen molar-refractivity contribution in [3.05, 3.63) is 65.7 Å². The number of anilines is 1. The molecule has 2 saturated heterocycles. The molecular weight excluding hydrogens is 364 g/mol. The van der Waals surface area contributed by atoms with Crippen LogP contribution in [0.3, 0.4) is 0 Å². The Hall–Kier alpha value is -2.80. The van der Waals surface area contributed by atoms with E-state index in [1.165, 1.54) is 30.3 Å². The molecule has 0 radical (unpaired) electrons. The second-order valence-electron chi connectivity index (χ2n) is 7.53. The average molecular weight is 385 g/mol. The predicted octanol–water partition coefficient (Wildman–Crippen LogP) is 2.53. The molecule has 146 valence electrons. The summed E-state index contributed by atoms with van der Waals surface area (Å²) in [4.78, 5) is 30.6. The van der Waals surface area contributed by atoms with E-state index in [1.54, 1.807) is 28.0 Å². The SMILES string of the molecule is CN1CC(=O)N(c2cccc(F)c2)C[C@@]12CCN(C(=O)c1cccc(F)c1)C2. The van der Waals surface area contributed by atoms with Crippen LogP contribution in [0.15, 0.2) is 48.5 Å². The first-order valence-electron chi connectivity index (χ1n) is 9.20. The van der Waals surface area contributed by atoms with Crippen molar-refractivity contribution in [3.8, 4) is 0 Å². The summed E-state index contributed by atoms with van der Waals surface area (Å²) in [5, 5.41) is 0. The number of likely N-dealkylation sites (tertiary alicyclic amines) is 1. The van der Waals surface area contributed by atoms with Crippen molar-refractivity contribution in [2.75, 3.05) is 38.1 Å². The summed E-state index contributed by atoms with van der Waals surface area (Å²) in [5.74, 6) is -1.17. The first kappa shape index (κ1) is 18.6. The molecule has 1 atom stereocenters. The van der Waals surface area contributed by atoms with Crippen LogP contribution in [0.5, 0.6) is 0 Å². The van der Waals surface area contributed by atoms with Crippen molar-refractivity contribution in [2.24, 2.45) is 0 Å². The highest BCUT2D eigenvalue weighted by Crippen LogP contribution is 2.34. The van der Waals surface area contributed by atoms with Gasteiger partial charge >= 0.3 is 0 Å². The van der Waals surface area contributed by atoms with E-state index in [9.17, 15) is 18.4 Å². The van der Waals surface area contributed by atoms with Crippen LogP contribution < -0.4 is 4.90 Å². The molecule has 5 nitrogen and oxygen atoms in total. The van der Waals surface area contributed by atoms with E-state index in [0.717, 1.165) is 0 Å². The molecule has 7 heteroatoms. The monoisotopic (exact) mass is 385 g/mol. The number of carbonyl (C=O) groups is 2. The quantitative estimate of drug-likeness (QED) is 0.798. The fourth-order valence-electron chi connectivity index (χ4n) is 4.11. The molecule has 0 saturated carbocycles. The molecule has 2 fully saturated rings. The van der Waals surface area contributed by atoms with Crippen molar-refractivity contribution in [1.82, 2.24) is 9.80 Å². The van der Waals surface area contributed by atoms with Gasteiger partial charge in [-0.3, -0.25) is 14.5 Å². The van der Waals surface area contributed by atoms with Gasteiger partial charge in [0.25, 0.3) is 5.91 Å². The summed E-state index contributed by atoms with van der Waals surface area (Å²) in [6, 6.07) is 11.6. The van der Waals surface area contributed by atoms with E-state index in [4.69, 9.17) is 0 Å². The van der Waals surface area contributed by atoms with Crippen LogP contribution in [-0.4, -0.2) is 60.4 Å². The number of nitrogens with zero attached hydrogens (tertiary/aromatic N) is 3. The molecule has 4 rings (SSSR count). The maximum atomic E-state index is 13.7. The first-order valence-corrected chi connectivity index (χ1v) is 9.20. The molecule has 0 bridgehead atoms. The molecular formula is C21H21F2N3O2. The average Bonchev–Trinajstić information content (AvgIpc) is 3.09. The van der Waals surface area contributed by atoms with E-state index < -0.39 is 17.2 Å². The maximum absolute atomic E-state index is 13.7. The summed E-state index contributed by atoms with van der Waals surface area (Å²) in [7, 11) is 1.87. The molecule has 2 amide bonds. The minimum Gasteiger partial charge on any atom is -0.337 e. The van der Waals surface area contributed by atoms with Crippen molar-refractivity contribution < 1.29 is 18.4 Å². The van der Waals surface area contributed by atoms with Gasteiger partial charge in [-0.15, -0.1) is 0 Å². The van der Waals surface area contributed by atoms with Crippen LogP contribution >= 0.6 is 0 Å². The van der Waals surface area contributed by atoms with Crippen molar-refractivity contribution in [1.29, 1.82) is 0 Å². The summed E-state index contributed by atoms with van der Waals surface area (Å²) in [6.07, 6.45) is 0.684. The molecule has 28 heavy (non-hydrogen) atoms. The lowest BCUT2D eigenvalue weighted by Crippen LogP contribution is -2.64. The minimum atomic E-state index is -0.447. The summed E-state index contributed by atoms with van der Waals surface area (Å²) >= 11 is 0. The van der Waals surface area contributed by atoms with Gasteiger partial charge in [0.2, 0.25) is 5.91 Å². The molecule has 0 aliphatic carbocycles. The third-order valence-electron chi connectivity index (χ3n) is 5.75. The van der Waals surface area contributed by atoms with Crippen molar-refractivity contribution >= 4 is 17.5 Å². The number of benzene rings is 2. The van der Waals surface area contributed by atoms with E-state index in [2.05, 4.69) is 0 Å². The standard InChI is InChI=1S/C21H21F2N3O2/c1-24-12-19(27)26(18-7-3-6-17(23)11-18)14-21(24)8-9-25(13-21)20(28)15-4-2-5-16(22)10-15/h2-7,10-11H,8-9,12-14H2,1H3/t21-/m0/s1. The Morgan fingerprint density at radius 3 is 2.46 bits per heavy atom. The second kappa shape index (κ2) is 6.98. The zero-order valence-corrected chi connectivity index (χ0v) is 15.6. The number of hydrogen-bond donors (Lipinski definition) is 0. The molecule has 2 aliphatic rings. The lowest BCUT2D eigenvalue weighted by Gasteiger charge is -2.46. The number of carbonyl (C=O) groups excluding carboxylic acids is 2. The number of hydrogen-bond acceptors (Lipinski definition) is 3. The first-order chi connectivity index (χ1) is 13.4. The highest BCUT2D eigenvalue weighted by Gasteiger charge is 2.48. The third kappa shape index (κ3) is 3.26. The molecule has 0 unspecified atom stereocenters.